The van der Waals surface area contributed by atoms with Gasteiger partial charge >= 0.3 is 0 Å². The molecule has 0 amide bonds. The lowest BCUT2D eigenvalue weighted by Crippen LogP contribution is -2.43. The number of hydrogen-bond donors (Lipinski definition) is 1. The molecule has 0 radical (unpaired) electrons. The zero-order chi connectivity index (χ0) is 13.4. The van der Waals surface area contributed by atoms with Gasteiger partial charge in [-0.05, 0) is 68.0 Å². The van der Waals surface area contributed by atoms with Crippen LogP contribution in [-0.2, 0) is 6.54 Å². The molecular formula is C14H24N6. The van der Waals surface area contributed by atoms with E-state index in [2.05, 4.69) is 30.4 Å². The van der Waals surface area contributed by atoms with E-state index in [1.807, 2.05) is 0 Å². The van der Waals surface area contributed by atoms with Gasteiger partial charge in [0.2, 0.25) is 0 Å². The average molecular weight is 276 g/mol. The third-order valence-electron chi connectivity index (χ3n) is 5.03. The lowest BCUT2D eigenvalue weighted by atomic mass is 9.90. The summed E-state index contributed by atoms with van der Waals surface area (Å²) >= 11 is 0. The van der Waals surface area contributed by atoms with E-state index in [1.54, 1.807) is 0 Å². The normalized spacial score (nSPS) is 31.8. The first kappa shape index (κ1) is 12.7. The number of tetrazole rings is 1. The first-order chi connectivity index (χ1) is 9.90. The van der Waals surface area contributed by atoms with Crippen molar-refractivity contribution in [3.05, 3.63) is 5.82 Å². The van der Waals surface area contributed by atoms with E-state index in [9.17, 15) is 0 Å². The maximum Gasteiger partial charge on any atom is 0.165 e. The highest BCUT2D eigenvalue weighted by molar-refractivity contribution is 4.92. The van der Waals surface area contributed by atoms with Gasteiger partial charge in [0.25, 0.3) is 0 Å². The molecule has 0 spiro atoms. The zero-order valence-electron chi connectivity index (χ0n) is 12.0. The summed E-state index contributed by atoms with van der Waals surface area (Å²) in [6, 6.07) is 1.33. The fourth-order valence-corrected chi connectivity index (χ4v) is 3.80. The summed E-state index contributed by atoms with van der Waals surface area (Å²) in [7, 11) is 0. The number of nitrogens with zero attached hydrogens (tertiary/aromatic N) is 5. The highest BCUT2D eigenvalue weighted by Crippen LogP contribution is 2.34. The smallest absolute Gasteiger partial charge is 0.165 e. The van der Waals surface area contributed by atoms with Gasteiger partial charge in [0.1, 0.15) is 0 Å². The van der Waals surface area contributed by atoms with Crippen molar-refractivity contribution >= 4 is 0 Å². The number of aromatic nitrogens is 4. The second-order valence-electron chi connectivity index (χ2n) is 6.61. The van der Waals surface area contributed by atoms with Crippen LogP contribution in [0.5, 0.6) is 0 Å². The minimum atomic E-state index is 0.581. The van der Waals surface area contributed by atoms with Gasteiger partial charge in [0, 0.05) is 12.6 Å². The van der Waals surface area contributed by atoms with Gasteiger partial charge in [-0.25, -0.2) is 4.68 Å². The lowest BCUT2D eigenvalue weighted by molar-refractivity contribution is 0.140. The molecule has 3 heterocycles. The van der Waals surface area contributed by atoms with Crippen LogP contribution >= 0.6 is 0 Å². The minimum absolute atomic E-state index is 0.581. The number of hydrogen-bond acceptors (Lipinski definition) is 5. The Bertz CT molecular complexity index is 448. The van der Waals surface area contributed by atoms with E-state index >= 15 is 0 Å². The first-order valence-electron chi connectivity index (χ1n) is 8.12. The predicted octanol–water partition coefficient (Wildman–Crippen LogP) is 0.972. The highest BCUT2D eigenvalue weighted by Gasteiger charge is 2.31. The van der Waals surface area contributed by atoms with Crippen molar-refractivity contribution in [3.8, 4) is 0 Å². The van der Waals surface area contributed by atoms with Crippen molar-refractivity contribution in [2.75, 3.05) is 19.6 Å². The van der Waals surface area contributed by atoms with Gasteiger partial charge in [-0.3, -0.25) is 4.90 Å². The molecule has 2 unspecified atom stereocenters. The Hall–Kier alpha value is -1.01. The number of likely N-dealkylation sites (tertiary alicyclic amines) is 1. The topological polar surface area (TPSA) is 58.9 Å². The van der Waals surface area contributed by atoms with Gasteiger partial charge in [0.15, 0.2) is 5.82 Å². The summed E-state index contributed by atoms with van der Waals surface area (Å²) in [5.41, 5.74) is 0. The number of piperidine rings is 1. The van der Waals surface area contributed by atoms with Gasteiger partial charge < -0.3 is 5.32 Å². The molecule has 1 saturated carbocycles. The molecule has 0 aromatic carbocycles. The third kappa shape index (κ3) is 2.59. The molecule has 20 heavy (non-hydrogen) atoms. The molecule has 2 atom stereocenters. The Kier molecular flexibility index (Phi) is 3.44. The molecule has 110 valence electrons. The summed E-state index contributed by atoms with van der Waals surface area (Å²) in [4.78, 5) is 2.55. The second-order valence-corrected chi connectivity index (χ2v) is 6.61. The van der Waals surface area contributed by atoms with Crippen LogP contribution in [0, 0.1) is 5.92 Å². The van der Waals surface area contributed by atoms with E-state index in [4.69, 9.17) is 0 Å². The molecule has 4 rings (SSSR count). The van der Waals surface area contributed by atoms with Crippen LogP contribution in [0.3, 0.4) is 0 Å². The van der Waals surface area contributed by atoms with Crippen LogP contribution in [-0.4, -0.2) is 50.8 Å². The van der Waals surface area contributed by atoms with Gasteiger partial charge in [-0.1, -0.05) is 0 Å². The summed E-state index contributed by atoms with van der Waals surface area (Å²) < 4.78 is 2.05. The average Bonchev–Trinajstić information content (AvgIpc) is 3.00. The fraction of sp³-hybridized carbons (Fsp3) is 0.929. The molecule has 3 fully saturated rings. The molecule has 1 aromatic rings. The van der Waals surface area contributed by atoms with Crippen LogP contribution in [0.2, 0.25) is 0 Å². The van der Waals surface area contributed by atoms with Crippen molar-refractivity contribution in [3.63, 3.8) is 0 Å². The minimum Gasteiger partial charge on any atom is -0.314 e. The summed E-state index contributed by atoms with van der Waals surface area (Å²) in [6.45, 7) is 4.53. The van der Waals surface area contributed by atoms with E-state index < -0.39 is 0 Å². The van der Waals surface area contributed by atoms with E-state index in [1.165, 1.54) is 58.2 Å². The van der Waals surface area contributed by atoms with Crippen molar-refractivity contribution in [1.29, 1.82) is 0 Å². The molecule has 6 heteroatoms. The molecular weight excluding hydrogens is 252 g/mol. The third-order valence-corrected chi connectivity index (χ3v) is 5.03. The SMILES string of the molecule is C1CNC(C2CCCN(Cc3nnnn3C3CC3)C2)C1. The Morgan fingerprint density at radius 2 is 2.10 bits per heavy atom. The number of rotatable bonds is 4. The quantitative estimate of drug-likeness (QED) is 0.888. The monoisotopic (exact) mass is 276 g/mol. The summed E-state index contributed by atoms with van der Waals surface area (Å²) in [5, 5.41) is 15.9. The van der Waals surface area contributed by atoms with Crippen molar-refractivity contribution in [2.45, 2.75) is 57.2 Å². The Morgan fingerprint density at radius 1 is 1.15 bits per heavy atom. The van der Waals surface area contributed by atoms with Gasteiger partial charge in [-0.15, -0.1) is 5.10 Å². The van der Waals surface area contributed by atoms with E-state index in [0.717, 1.165) is 24.3 Å². The maximum absolute atomic E-state index is 4.24. The van der Waals surface area contributed by atoms with Crippen LogP contribution in [0.15, 0.2) is 0 Å². The lowest BCUT2D eigenvalue weighted by Gasteiger charge is -2.35. The fourth-order valence-electron chi connectivity index (χ4n) is 3.80. The number of nitrogens with one attached hydrogen (secondary N) is 1. The second kappa shape index (κ2) is 5.41. The van der Waals surface area contributed by atoms with Crippen molar-refractivity contribution in [2.24, 2.45) is 5.92 Å². The van der Waals surface area contributed by atoms with E-state index in [0.29, 0.717) is 6.04 Å². The Labute approximate surface area is 119 Å². The zero-order valence-corrected chi connectivity index (χ0v) is 12.0. The summed E-state index contributed by atoms with van der Waals surface area (Å²) in [5.74, 6) is 1.88. The summed E-state index contributed by atoms with van der Waals surface area (Å²) in [6.07, 6.45) is 7.88. The molecule has 3 aliphatic rings. The molecule has 2 saturated heterocycles. The standard InChI is InChI=1S/C14H24N6/c1-4-13(15-7-1)11-3-2-8-19(9-11)10-14-16-17-18-20(14)12-5-6-12/h11-13,15H,1-10H2. The van der Waals surface area contributed by atoms with Crippen LogP contribution in [0.1, 0.15) is 50.4 Å². The molecule has 1 aromatic heterocycles. The van der Waals surface area contributed by atoms with Crippen LogP contribution in [0.4, 0.5) is 0 Å². The van der Waals surface area contributed by atoms with Crippen molar-refractivity contribution in [1.82, 2.24) is 30.4 Å². The van der Waals surface area contributed by atoms with E-state index in [-0.39, 0.29) is 0 Å². The molecule has 0 bridgehead atoms. The van der Waals surface area contributed by atoms with Crippen molar-refractivity contribution < 1.29 is 0 Å². The van der Waals surface area contributed by atoms with Crippen LogP contribution < -0.4 is 5.32 Å². The van der Waals surface area contributed by atoms with Gasteiger partial charge in [0.05, 0.1) is 12.6 Å². The van der Waals surface area contributed by atoms with Gasteiger partial charge in [-0.2, -0.15) is 0 Å². The molecule has 1 aliphatic carbocycles. The highest BCUT2D eigenvalue weighted by atomic mass is 15.6. The Balaban J connectivity index is 1.39. The molecule has 2 aliphatic heterocycles. The predicted molar refractivity (Wildman–Crippen MR) is 75.1 cm³/mol. The molecule has 1 N–H and O–H groups in total. The Morgan fingerprint density at radius 3 is 2.90 bits per heavy atom. The first-order valence-corrected chi connectivity index (χ1v) is 8.12. The molecule has 6 nitrogen and oxygen atoms in total. The maximum atomic E-state index is 4.24. The van der Waals surface area contributed by atoms with Crippen LogP contribution in [0.25, 0.3) is 0 Å². The largest absolute Gasteiger partial charge is 0.314 e.